The molecule has 28 heavy (non-hydrogen) atoms. The summed E-state index contributed by atoms with van der Waals surface area (Å²) in [6, 6.07) is 9.20. The largest absolute Gasteiger partial charge is 0.398 e. The maximum absolute atomic E-state index is 13.2. The molecule has 0 radical (unpaired) electrons. The molecule has 2 aliphatic rings. The SMILES string of the molecule is CC(C)N1C(=O)c2ccc(C(=O)N3CCCc4c(N)cccc43)cc2S1(=O)=O. The van der Waals surface area contributed by atoms with Crippen LogP contribution in [0.2, 0.25) is 0 Å². The normalized spacial score (nSPS) is 17.6. The fraction of sp³-hybridized carbons (Fsp3) is 0.300. The number of fused-ring (bicyclic) bond motifs is 2. The third-order valence-electron chi connectivity index (χ3n) is 5.20. The Morgan fingerprint density at radius 1 is 1.18 bits per heavy atom. The van der Waals surface area contributed by atoms with E-state index in [1.165, 1.54) is 18.2 Å². The van der Waals surface area contributed by atoms with Crippen molar-refractivity contribution in [2.24, 2.45) is 0 Å². The summed E-state index contributed by atoms with van der Waals surface area (Å²) in [7, 11) is -3.96. The van der Waals surface area contributed by atoms with Gasteiger partial charge in [0.2, 0.25) is 0 Å². The highest BCUT2D eigenvalue weighted by Gasteiger charge is 2.43. The van der Waals surface area contributed by atoms with E-state index in [1.54, 1.807) is 30.9 Å². The first-order valence-corrected chi connectivity index (χ1v) is 10.6. The zero-order valence-corrected chi connectivity index (χ0v) is 16.5. The number of nitrogen functional groups attached to an aromatic ring is 1. The average molecular weight is 399 g/mol. The number of sulfonamides is 1. The van der Waals surface area contributed by atoms with Gasteiger partial charge in [-0.25, -0.2) is 12.7 Å². The van der Waals surface area contributed by atoms with Gasteiger partial charge in [0, 0.05) is 29.5 Å². The zero-order valence-electron chi connectivity index (χ0n) is 15.7. The minimum Gasteiger partial charge on any atom is -0.398 e. The van der Waals surface area contributed by atoms with E-state index >= 15 is 0 Å². The lowest BCUT2D eigenvalue weighted by molar-refractivity contribution is 0.0845. The van der Waals surface area contributed by atoms with Gasteiger partial charge in [-0.3, -0.25) is 9.59 Å². The van der Waals surface area contributed by atoms with Crippen molar-refractivity contribution in [3.8, 4) is 0 Å². The molecule has 2 amide bonds. The Hall–Kier alpha value is -2.87. The van der Waals surface area contributed by atoms with Crippen molar-refractivity contribution >= 4 is 33.2 Å². The Morgan fingerprint density at radius 3 is 2.64 bits per heavy atom. The number of hydrogen-bond donors (Lipinski definition) is 1. The van der Waals surface area contributed by atoms with Crippen LogP contribution in [-0.4, -0.2) is 37.1 Å². The molecule has 0 unspecified atom stereocenters. The van der Waals surface area contributed by atoms with Gasteiger partial charge in [0.25, 0.3) is 21.8 Å². The minimum atomic E-state index is -3.96. The van der Waals surface area contributed by atoms with E-state index in [2.05, 4.69) is 0 Å². The summed E-state index contributed by atoms with van der Waals surface area (Å²) in [5.41, 5.74) is 8.71. The van der Waals surface area contributed by atoms with E-state index < -0.39 is 22.0 Å². The van der Waals surface area contributed by atoms with Crippen LogP contribution in [0.4, 0.5) is 11.4 Å². The molecular weight excluding hydrogens is 378 g/mol. The van der Waals surface area contributed by atoms with Gasteiger partial charge in [0.1, 0.15) is 4.90 Å². The molecule has 0 bridgehead atoms. The first-order valence-electron chi connectivity index (χ1n) is 9.15. The molecule has 2 aliphatic heterocycles. The monoisotopic (exact) mass is 399 g/mol. The molecule has 0 saturated heterocycles. The Kier molecular flexibility index (Phi) is 4.19. The molecule has 2 aromatic rings. The predicted octanol–water partition coefficient (Wildman–Crippen LogP) is 2.41. The van der Waals surface area contributed by atoms with Crippen LogP contribution in [0.1, 0.15) is 46.5 Å². The van der Waals surface area contributed by atoms with Crippen LogP contribution in [0.5, 0.6) is 0 Å². The summed E-state index contributed by atoms with van der Waals surface area (Å²) in [6.45, 7) is 3.81. The third-order valence-corrected chi connectivity index (χ3v) is 7.20. The summed E-state index contributed by atoms with van der Waals surface area (Å²) >= 11 is 0. The molecule has 146 valence electrons. The van der Waals surface area contributed by atoms with Crippen molar-refractivity contribution in [2.45, 2.75) is 37.6 Å². The Bertz CT molecular complexity index is 1110. The van der Waals surface area contributed by atoms with E-state index in [0.717, 1.165) is 28.4 Å². The quantitative estimate of drug-likeness (QED) is 0.782. The number of anilines is 2. The van der Waals surface area contributed by atoms with E-state index in [0.29, 0.717) is 12.2 Å². The lowest BCUT2D eigenvalue weighted by atomic mass is 9.99. The molecule has 0 aromatic heterocycles. The highest BCUT2D eigenvalue weighted by atomic mass is 32.2. The lowest BCUT2D eigenvalue weighted by Crippen LogP contribution is -2.36. The first-order chi connectivity index (χ1) is 13.2. The minimum absolute atomic E-state index is 0.105. The molecule has 0 fully saturated rings. The number of hydrogen-bond acceptors (Lipinski definition) is 5. The molecule has 2 aromatic carbocycles. The van der Waals surface area contributed by atoms with E-state index in [9.17, 15) is 18.0 Å². The van der Waals surface area contributed by atoms with Crippen LogP contribution in [-0.2, 0) is 16.4 Å². The molecule has 0 saturated carbocycles. The van der Waals surface area contributed by atoms with E-state index in [4.69, 9.17) is 5.73 Å². The zero-order chi connectivity index (χ0) is 20.2. The van der Waals surface area contributed by atoms with Gasteiger partial charge in [0.05, 0.1) is 5.56 Å². The Labute approximate surface area is 163 Å². The number of carbonyl (C=O) groups excluding carboxylic acids is 2. The molecule has 8 heteroatoms. The smallest absolute Gasteiger partial charge is 0.269 e. The maximum Gasteiger partial charge on any atom is 0.269 e. The second-order valence-electron chi connectivity index (χ2n) is 7.32. The Morgan fingerprint density at radius 2 is 1.93 bits per heavy atom. The van der Waals surface area contributed by atoms with Crippen molar-refractivity contribution in [3.63, 3.8) is 0 Å². The van der Waals surface area contributed by atoms with Crippen molar-refractivity contribution in [2.75, 3.05) is 17.2 Å². The van der Waals surface area contributed by atoms with Crippen molar-refractivity contribution in [1.29, 1.82) is 0 Å². The molecule has 4 rings (SSSR count). The van der Waals surface area contributed by atoms with Gasteiger partial charge in [-0.1, -0.05) is 6.07 Å². The topological polar surface area (TPSA) is 101 Å². The molecule has 0 aliphatic carbocycles. The van der Waals surface area contributed by atoms with Crippen molar-refractivity contribution in [1.82, 2.24) is 4.31 Å². The van der Waals surface area contributed by atoms with Crippen molar-refractivity contribution < 1.29 is 18.0 Å². The summed E-state index contributed by atoms with van der Waals surface area (Å²) in [5, 5.41) is 0. The fourth-order valence-corrected chi connectivity index (χ4v) is 5.70. The summed E-state index contributed by atoms with van der Waals surface area (Å²) in [6.07, 6.45) is 1.57. The van der Waals surface area contributed by atoms with Crippen molar-refractivity contribution in [3.05, 3.63) is 53.1 Å². The number of nitrogens with zero attached hydrogens (tertiary/aromatic N) is 2. The van der Waals surface area contributed by atoms with Crippen LogP contribution in [0, 0.1) is 0 Å². The van der Waals surface area contributed by atoms with Gasteiger partial charge in [-0.05, 0) is 62.6 Å². The summed E-state index contributed by atoms with van der Waals surface area (Å²) < 4.78 is 26.5. The predicted molar refractivity (Wildman–Crippen MR) is 106 cm³/mol. The van der Waals surface area contributed by atoms with Crippen LogP contribution >= 0.6 is 0 Å². The third kappa shape index (κ3) is 2.59. The van der Waals surface area contributed by atoms with Crippen LogP contribution in [0.25, 0.3) is 0 Å². The van der Waals surface area contributed by atoms with Crippen LogP contribution < -0.4 is 10.6 Å². The van der Waals surface area contributed by atoms with E-state index in [-0.39, 0.29) is 21.9 Å². The van der Waals surface area contributed by atoms with Gasteiger partial charge in [-0.2, -0.15) is 0 Å². The van der Waals surface area contributed by atoms with Crippen LogP contribution in [0.3, 0.4) is 0 Å². The van der Waals surface area contributed by atoms with Crippen LogP contribution in [0.15, 0.2) is 41.3 Å². The highest BCUT2D eigenvalue weighted by Crippen LogP contribution is 2.35. The number of amides is 2. The van der Waals surface area contributed by atoms with Gasteiger partial charge < -0.3 is 10.6 Å². The number of nitrogens with two attached hydrogens (primary N) is 1. The number of rotatable bonds is 2. The molecule has 0 atom stereocenters. The average Bonchev–Trinajstić information content (AvgIpc) is 2.86. The van der Waals surface area contributed by atoms with Gasteiger partial charge in [0.15, 0.2) is 0 Å². The number of benzene rings is 2. The standard InChI is InChI=1S/C20H21N3O4S/c1-12(2)23-20(25)15-9-8-13(11-18(15)28(23,26)27)19(24)22-10-4-5-14-16(21)6-3-7-17(14)22/h3,6-9,11-12H,4-5,10,21H2,1-2H3. The molecule has 2 heterocycles. The summed E-state index contributed by atoms with van der Waals surface area (Å²) in [5.74, 6) is -0.861. The molecule has 2 N–H and O–H groups in total. The second kappa shape index (κ2) is 6.34. The summed E-state index contributed by atoms with van der Waals surface area (Å²) in [4.78, 5) is 27.2. The molecule has 0 spiro atoms. The highest BCUT2D eigenvalue weighted by molar-refractivity contribution is 7.90. The van der Waals surface area contributed by atoms with Gasteiger partial charge >= 0.3 is 0 Å². The van der Waals surface area contributed by atoms with Gasteiger partial charge in [-0.15, -0.1) is 0 Å². The molecule has 7 nitrogen and oxygen atoms in total. The first kappa shape index (κ1) is 18.5. The lowest BCUT2D eigenvalue weighted by Gasteiger charge is -2.30. The fourth-order valence-electron chi connectivity index (χ4n) is 3.91. The number of carbonyl (C=O) groups is 2. The van der Waals surface area contributed by atoms with E-state index in [1.807, 2.05) is 6.07 Å². The second-order valence-corrected chi connectivity index (χ2v) is 9.10. The molecular formula is C20H21N3O4S. The Balaban J connectivity index is 1.77. The maximum atomic E-state index is 13.2.